The minimum absolute atomic E-state index is 0.0132. The first-order valence-corrected chi connectivity index (χ1v) is 13.2. The summed E-state index contributed by atoms with van der Waals surface area (Å²) in [5.74, 6) is 1.27. The van der Waals surface area contributed by atoms with Gasteiger partial charge in [-0.3, -0.25) is 0 Å². The highest BCUT2D eigenvalue weighted by Gasteiger charge is 2.47. The number of imidazole rings is 1. The Kier molecular flexibility index (Phi) is 8.47. The quantitative estimate of drug-likeness (QED) is 0.362. The molecule has 36 heavy (non-hydrogen) atoms. The normalized spacial score (nSPS) is 19.7. The van der Waals surface area contributed by atoms with E-state index in [-0.39, 0.29) is 18.5 Å². The predicted octanol–water partition coefficient (Wildman–Crippen LogP) is 5.44. The van der Waals surface area contributed by atoms with Crippen molar-refractivity contribution in [2.24, 2.45) is 5.92 Å². The molecule has 2 aromatic carbocycles. The van der Waals surface area contributed by atoms with Crippen LogP contribution in [0, 0.1) is 12.8 Å². The largest absolute Gasteiger partial charge is 0.457 e. The number of aromatic nitrogens is 2. The molecule has 0 saturated carbocycles. The van der Waals surface area contributed by atoms with Crippen LogP contribution in [0.4, 0.5) is 0 Å². The van der Waals surface area contributed by atoms with Crippen LogP contribution in [0.3, 0.4) is 0 Å². The van der Waals surface area contributed by atoms with Gasteiger partial charge in [-0.1, -0.05) is 49.7 Å². The number of fused-ring (bicyclic) bond motifs is 2. The van der Waals surface area contributed by atoms with Crippen LogP contribution in [-0.4, -0.2) is 60.3 Å². The minimum atomic E-state index is -0.529. The molecule has 2 atom stereocenters. The summed E-state index contributed by atoms with van der Waals surface area (Å²) in [4.78, 5) is 23.2. The lowest BCUT2D eigenvalue weighted by molar-refractivity contribution is -0.172. The van der Waals surface area contributed by atoms with Crippen molar-refractivity contribution in [3.05, 3.63) is 65.0 Å². The van der Waals surface area contributed by atoms with Crippen LogP contribution >= 0.6 is 0 Å². The summed E-state index contributed by atoms with van der Waals surface area (Å²) in [5.41, 5.74) is 5.59. The van der Waals surface area contributed by atoms with E-state index in [1.165, 1.54) is 16.7 Å². The average molecular weight is 492 g/mol. The molecule has 1 aliphatic rings. The number of benzene rings is 2. The number of ether oxygens (including phenoxy) is 2. The number of esters is 1. The van der Waals surface area contributed by atoms with Crippen molar-refractivity contribution in [1.82, 2.24) is 14.9 Å². The van der Waals surface area contributed by atoms with E-state index in [4.69, 9.17) is 14.5 Å². The molecule has 0 bridgehead atoms. The number of H-pyrrole nitrogens is 1. The zero-order valence-electron chi connectivity index (χ0n) is 22.5. The molecule has 0 spiro atoms. The maximum Gasteiger partial charge on any atom is 0.332 e. The van der Waals surface area contributed by atoms with Crippen LogP contribution < -0.4 is 0 Å². The number of nitrogens with zero attached hydrogens (tertiary/aromatic N) is 2. The van der Waals surface area contributed by atoms with Gasteiger partial charge in [0.05, 0.1) is 11.0 Å². The third-order valence-corrected chi connectivity index (χ3v) is 7.57. The molecule has 1 aliphatic carbocycles. The Morgan fingerprint density at radius 3 is 2.78 bits per heavy atom. The van der Waals surface area contributed by atoms with Crippen molar-refractivity contribution in [3.63, 3.8) is 0 Å². The van der Waals surface area contributed by atoms with E-state index in [9.17, 15) is 4.79 Å². The summed E-state index contributed by atoms with van der Waals surface area (Å²) in [7, 11) is 3.70. The first kappa shape index (κ1) is 26.4. The van der Waals surface area contributed by atoms with Gasteiger partial charge in [0, 0.05) is 32.4 Å². The fourth-order valence-corrected chi connectivity index (χ4v) is 5.96. The second-order valence-electron chi connectivity index (χ2n) is 10.8. The Morgan fingerprint density at radius 1 is 1.22 bits per heavy atom. The molecule has 0 unspecified atom stereocenters. The van der Waals surface area contributed by atoms with Crippen LogP contribution in [0.2, 0.25) is 0 Å². The van der Waals surface area contributed by atoms with E-state index in [0.29, 0.717) is 5.92 Å². The molecular weight excluding hydrogens is 450 g/mol. The summed E-state index contributed by atoms with van der Waals surface area (Å²) >= 11 is 0. The van der Waals surface area contributed by atoms with E-state index in [1.807, 2.05) is 18.2 Å². The highest BCUT2D eigenvalue weighted by molar-refractivity contribution is 5.74. The number of aryl methyl sites for hydroxylation is 3. The van der Waals surface area contributed by atoms with Gasteiger partial charge in [-0.25, -0.2) is 9.78 Å². The number of carbonyl (C=O) groups is 1. The topological polar surface area (TPSA) is 67.5 Å². The van der Waals surface area contributed by atoms with Crippen LogP contribution in [0.15, 0.2) is 42.5 Å². The van der Waals surface area contributed by atoms with Crippen LogP contribution in [0.1, 0.15) is 61.5 Å². The smallest absolute Gasteiger partial charge is 0.332 e. The number of hydrogen-bond donors (Lipinski definition) is 1. The molecular formula is C30H41N3O3. The van der Waals surface area contributed by atoms with Crippen molar-refractivity contribution in [2.45, 2.75) is 64.4 Å². The predicted molar refractivity (Wildman–Crippen MR) is 144 cm³/mol. The zero-order valence-corrected chi connectivity index (χ0v) is 22.5. The molecule has 3 aromatic rings. The van der Waals surface area contributed by atoms with Gasteiger partial charge in [0.2, 0.25) is 0 Å². The summed E-state index contributed by atoms with van der Waals surface area (Å²) in [5, 5.41) is 0. The average Bonchev–Trinajstić information content (AvgIpc) is 3.25. The van der Waals surface area contributed by atoms with E-state index >= 15 is 0 Å². The highest BCUT2D eigenvalue weighted by Crippen LogP contribution is 2.48. The van der Waals surface area contributed by atoms with Gasteiger partial charge in [-0.05, 0) is 69.0 Å². The van der Waals surface area contributed by atoms with Gasteiger partial charge in [0.25, 0.3) is 0 Å². The van der Waals surface area contributed by atoms with Gasteiger partial charge in [0.15, 0.2) is 0 Å². The summed E-state index contributed by atoms with van der Waals surface area (Å²) in [6.45, 7) is 8.45. The molecule has 6 nitrogen and oxygen atoms in total. The number of rotatable bonds is 11. The number of aromatic amines is 1. The monoisotopic (exact) mass is 491 g/mol. The van der Waals surface area contributed by atoms with Gasteiger partial charge >= 0.3 is 5.97 Å². The Bertz CT molecular complexity index is 1140. The molecule has 0 radical (unpaired) electrons. The summed E-state index contributed by atoms with van der Waals surface area (Å²) in [6.07, 6.45) is 4.50. The van der Waals surface area contributed by atoms with Crippen LogP contribution in [-0.2, 0) is 27.1 Å². The molecule has 0 aliphatic heterocycles. The first-order chi connectivity index (χ1) is 17.3. The number of hydrogen-bond acceptors (Lipinski definition) is 5. The van der Waals surface area contributed by atoms with Crippen molar-refractivity contribution >= 4 is 17.0 Å². The number of methoxy groups -OCH3 is 1. The number of nitrogens with one attached hydrogen (secondary N) is 1. The lowest BCUT2D eigenvalue weighted by Gasteiger charge is -2.47. The Labute approximate surface area is 215 Å². The number of carbonyl (C=O) groups excluding carboxylic acids is 1. The lowest BCUT2D eigenvalue weighted by Crippen LogP contribution is -2.49. The van der Waals surface area contributed by atoms with Crippen molar-refractivity contribution in [1.29, 1.82) is 0 Å². The summed E-state index contributed by atoms with van der Waals surface area (Å²) in [6, 6.07) is 14.9. The molecule has 0 saturated heterocycles. The Balaban J connectivity index is 1.44. The van der Waals surface area contributed by atoms with E-state index in [2.05, 4.69) is 62.0 Å². The maximum absolute atomic E-state index is 12.7. The fraction of sp³-hybridized carbons (Fsp3) is 0.533. The van der Waals surface area contributed by atoms with E-state index < -0.39 is 5.60 Å². The van der Waals surface area contributed by atoms with Crippen molar-refractivity contribution in [2.75, 3.05) is 33.9 Å². The molecule has 0 fully saturated rings. The van der Waals surface area contributed by atoms with Crippen LogP contribution in [0.25, 0.3) is 11.0 Å². The van der Waals surface area contributed by atoms with Crippen molar-refractivity contribution in [3.8, 4) is 0 Å². The summed E-state index contributed by atoms with van der Waals surface area (Å²) < 4.78 is 11.5. The number of para-hydroxylation sites is 2. The Morgan fingerprint density at radius 2 is 2.03 bits per heavy atom. The molecule has 1 aromatic heterocycles. The highest BCUT2D eigenvalue weighted by atomic mass is 16.6. The second-order valence-corrected chi connectivity index (χ2v) is 10.8. The minimum Gasteiger partial charge on any atom is -0.457 e. The fourth-order valence-electron chi connectivity index (χ4n) is 5.96. The van der Waals surface area contributed by atoms with Gasteiger partial charge in [0.1, 0.15) is 18.0 Å². The van der Waals surface area contributed by atoms with Gasteiger partial charge in [-0.15, -0.1) is 0 Å². The van der Waals surface area contributed by atoms with Gasteiger partial charge in [-0.2, -0.15) is 0 Å². The van der Waals surface area contributed by atoms with Crippen LogP contribution in [0.5, 0.6) is 0 Å². The van der Waals surface area contributed by atoms with Crippen molar-refractivity contribution < 1.29 is 14.3 Å². The SMILES string of the molecule is COCC(=O)O[C@]1(CCN(C)CCCc2nc3ccccc3[nH]2)CCc2cc(C)ccc2[C@@H]1C(C)C. The third kappa shape index (κ3) is 5.98. The lowest BCUT2D eigenvalue weighted by atomic mass is 9.65. The molecule has 4 rings (SSSR count). The first-order valence-electron chi connectivity index (χ1n) is 13.2. The molecule has 0 amide bonds. The molecule has 1 heterocycles. The van der Waals surface area contributed by atoms with E-state index in [0.717, 1.165) is 62.1 Å². The molecule has 1 N–H and O–H groups in total. The maximum atomic E-state index is 12.7. The third-order valence-electron chi connectivity index (χ3n) is 7.57. The Hall–Kier alpha value is -2.70. The van der Waals surface area contributed by atoms with Gasteiger partial charge < -0.3 is 19.4 Å². The second kappa shape index (κ2) is 11.6. The standard InChI is InChI=1S/C30H41N3O3/c1-21(2)29-24-13-12-22(3)19-23(24)14-15-30(29,36-28(34)20-35-5)16-18-33(4)17-8-11-27-31-25-9-6-7-10-26(25)32-27/h6-7,9-10,12-13,19,21,29H,8,11,14-18,20H2,1-5H3,(H,31,32)/t29-,30-/m0/s1. The zero-order chi connectivity index (χ0) is 25.7. The van der Waals surface area contributed by atoms with E-state index in [1.54, 1.807) is 7.11 Å². The molecule has 6 heteroatoms. The molecule has 194 valence electrons.